The van der Waals surface area contributed by atoms with Crippen LogP contribution in [0.25, 0.3) is 0 Å². The molecule has 648 valence electrons. The Kier molecular flexibility index (Phi) is 66.1. The number of hydrogen-bond acceptors (Lipinski definition) is 18. The van der Waals surface area contributed by atoms with Gasteiger partial charge in [0.1, 0.15) is 73.2 Å². The molecule has 3 aliphatic heterocycles. The van der Waals surface area contributed by atoms with Gasteiger partial charge in [-0.3, -0.25) is 4.79 Å². The van der Waals surface area contributed by atoms with Crippen LogP contribution in [0.4, 0.5) is 0 Å². The maximum absolute atomic E-state index is 13.5. The predicted molar refractivity (Wildman–Crippen MR) is 443 cm³/mol. The molecule has 17 unspecified atom stereocenters. The van der Waals surface area contributed by atoms with E-state index in [1.807, 2.05) is 6.08 Å². The number of aliphatic hydroxyl groups excluding tert-OH is 11. The van der Waals surface area contributed by atoms with Crippen LogP contribution < -0.4 is 5.32 Å². The zero-order chi connectivity index (χ0) is 79.5. The van der Waals surface area contributed by atoms with Gasteiger partial charge in [-0.05, 0) is 51.4 Å². The summed E-state index contributed by atoms with van der Waals surface area (Å²) in [4.78, 5) is 13.5. The van der Waals surface area contributed by atoms with E-state index in [2.05, 4.69) is 43.5 Å². The van der Waals surface area contributed by atoms with Gasteiger partial charge in [0.2, 0.25) is 5.91 Å². The van der Waals surface area contributed by atoms with Crippen LogP contribution in [0.2, 0.25) is 0 Å². The number of carbonyl (C=O) groups is 1. The molecule has 17 atom stereocenters. The number of ether oxygens (including phenoxy) is 6. The molecule has 3 rings (SSSR count). The van der Waals surface area contributed by atoms with E-state index in [4.69, 9.17) is 28.4 Å². The van der Waals surface area contributed by atoms with Crippen molar-refractivity contribution in [1.82, 2.24) is 5.32 Å². The summed E-state index contributed by atoms with van der Waals surface area (Å²) in [5, 5.41) is 121. The first-order valence-electron chi connectivity index (χ1n) is 46.2. The minimum absolute atomic E-state index is 0.248. The summed E-state index contributed by atoms with van der Waals surface area (Å²) < 4.78 is 34.5. The number of amides is 1. The predicted octanol–water partition coefficient (Wildman–Crippen LogP) is 17.8. The summed E-state index contributed by atoms with van der Waals surface area (Å²) >= 11 is 0. The van der Waals surface area contributed by atoms with Crippen LogP contribution in [0.1, 0.15) is 406 Å². The minimum Gasteiger partial charge on any atom is -0.394 e. The van der Waals surface area contributed by atoms with Gasteiger partial charge in [0.25, 0.3) is 0 Å². The molecule has 3 fully saturated rings. The molecule has 3 aliphatic rings. The molecular weight excluding hydrogens is 1390 g/mol. The van der Waals surface area contributed by atoms with Crippen LogP contribution in [0.15, 0.2) is 36.5 Å². The van der Waals surface area contributed by atoms with Crippen molar-refractivity contribution in [1.29, 1.82) is 0 Å². The van der Waals surface area contributed by atoms with Crippen LogP contribution >= 0.6 is 0 Å². The molecular formula is C91H171NO18. The minimum atomic E-state index is -1.98. The molecule has 3 heterocycles. The van der Waals surface area contributed by atoms with Gasteiger partial charge in [0.15, 0.2) is 18.9 Å². The second-order valence-electron chi connectivity index (χ2n) is 33.1. The summed E-state index contributed by atoms with van der Waals surface area (Å²) in [6, 6.07) is -0.973. The van der Waals surface area contributed by atoms with Crippen LogP contribution in [0.3, 0.4) is 0 Å². The Labute approximate surface area is 670 Å². The smallest absolute Gasteiger partial charge is 0.220 e. The second kappa shape index (κ2) is 71.1. The van der Waals surface area contributed by atoms with E-state index in [-0.39, 0.29) is 18.9 Å². The number of hydrogen-bond donors (Lipinski definition) is 12. The molecule has 0 aromatic carbocycles. The lowest BCUT2D eigenvalue weighted by molar-refractivity contribution is -0.379. The third kappa shape index (κ3) is 49.3. The monoisotopic (exact) mass is 1570 g/mol. The number of rotatable bonds is 76. The van der Waals surface area contributed by atoms with Gasteiger partial charge < -0.3 is 89.9 Å². The van der Waals surface area contributed by atoms with Crippen molar-refractivity contribution in [2.45, 2.75) is 510 Å². The van der Waals surface area contributed by atoms with Crippen molar-refractivity contribution < 1.29 is 89.4 Å². The van der Waals surface area contributed by atoms with Gasteiger partial charge in [-0.2, -0.15) is 0 Å². The number of unbranched alkanes of at least 4 members (excludes halogenated alkanes) is 56. The molecule has 12 N–H and O–H groups in total. The average Bonchev–Trinajstić information content (AvgIpc) is 0.784. The molecule has 0 aromatic rings. The zero-order valence-corrected chi connectivity index (χ0v) is 70.0. The molecule has 0 saturated carbocycles. The first-order valence-corrected chi connectivity index (χ1v) is 46.2. The Morgan fingerprint density at radius 2 is 0.600 bits per heavy atom. The van der Waals surface area contributed by atoms with Crippen LogP contribution in [-0.2, 0) is 33.2 Å². The molecule has 0 aromatic heterocycles. The summed E-state index contributed by atoms with van der Waals surface area (Å²) in [6.07, 6.45) is 64.5. The lowest BCUT2D eigenvalue weighted by Crippen LogP contribution is -2.66. The molecule has 3 saturated heterocycles. The second-order valence-corrected chi connectivity index (χ2v) is 33.1. The maximum atomic E-state index is 13.5. The normalized spacial score (nSPS) is 25.3. The molecule has 110 heavy (non-hydrogen) atoms. The highest BCUT2D eigenvalue weighted by atomic mass is 16.8. The van der Waals surface area contributed by atoms with Crippen LogP contribution in [-0.4, -0.2) is 193 Å². The van der Waals surface area contributed by atoms with Gasteiger partial charge in [-0.25, -0.2) is 0 Å². The number of nitrogens with one attached hydrogen (secondary N) is 1. The van der Waals surface area contributed by atoms with Crippen molar-refractivity contribution in [3.05, 3.63) is 36.5 Å². The number of aliphatic hydroxyl groups is 11. The van der Waals surface area contributed by atoms with Gasteiger partial charge in [-0.15, -0.1) is 0 Å². The van der Waals surface area contributed by atoms with Crippen molar-refractivity contribution in [2.75, 3.05) is 26.4 Å². The first kappa shape index (κ1) is 102. The van der Waals surface area contributed by atoms with Gasteiger partial charge >= 0.3 is 0 Å². The maximum Gasteiger partial charge on any atom is 0.220 e. The Bertz CT molecular complexity index is 2120. The third-order valence-electron chi connectivity index (χ3n) is 23.2. The largest absolute Gasteiger partial charge is 0.394 e. The number of allylic oxidation sites excluding steroid dienone is 5. The highest BCUT2D eigenvalue weighted by molar-refractivity contribution is 5.76. The first-order chi connectivity index (χ1) is 53.8. The summed E-state index contributed by atoms with van der Waals surface area (Å²) in [5.41, 5.74) is 0. The standard InChI is InChI=1S/C91H171NO18/c1-3-5-7-9-11-13-15-17-19-21-23-25-27-29-31-33-34-35-36-37-38-39-40-41-43-45-47-49-51-53-55-57-59-61-63-65-67-69-79(97)92-74(75(96)68-66-64-62-60-58-56-54-52-50-48-46-44-42-32-30-28-26-24-22-20-18-16-14-12-10-8-6-4-2)73-105-89-85(103)82(100)87(77(71-94)107-89)110-91-86(104)83(101)88(78(72-95)108-91)109-90-84(102)81(99)80(98)76(70-93)106-90/h15,17,21,23,66,68,74-78,80-91,93-96,98-104H,3-14,16,18-20,22,24-65,67,69-73H2,1-2H3,(H,92,97)/b17-15-,23-21-,68-66+. The van der Waals surface area contributed by atoms with E-state index in [9.17, 15) is 61.0 Å². The SMILES string of the molecule is CCCCCCC/C=C\C/C=C\CCCCCCCCCCCCCCCCCCCCCCCCCCCC(=O)NC(COC1OC(CO)C(OC2OC(CO)C(OC3OC(CO)C(O)C(O)C3O)C(O)C2O)C(O)C1O)C(O)/C=C/CCCCCCCCCCCCCCCCCCCCCCCCCCCC. The number of carbonyl (C=O) groups excluding carboxylic acids is 1. The average molecular weight is 1570 g/mol. The van der Waals surface area contributed by atoms with Crippen molar-refractivity contribution >= 4 is 5.91 Å². The quantitative estimate of drug-likeness (QED) is 0.0199. The fourth-order valence-corrected chi connectivity index (χ4v) is 15.8. The Morgan fingerprint density at radius 1 is 0.327 bits per heavy atom. The lowest BCUT2D eigenvalue weighted by atomic mass is 9.96. The van der Waals surface area contributed by atoms with Crippen molar-refractivity contribution in [2.24, 2.45) is 0 Å². The van der Waals surface area contributed by atoms with E-state index < -0.39 is 124 Å². The lowest BCUT2D eigenvalue weighted by Gasteiger charge is -2.48. The molecule has 19 heteroatoms. The molecule has 0 bridgehead atoms. The Hall–Kier alpha value is -1.99. The summed E-state index contributed by atoms with van der Waals surface area (Å²) in [7, 11) is 0. The van der Waals surface area contributed by atoms with E-state index in [0.29, 0.717) is 6.42 Å². The van der Waals surface area contributed by atoms with E-state index in [0.717, 1.165) is 51.4 Å². The van der Waals surface area contributed by atoms with Crippen LogP contribution in [0.5, 0.6) is 0 Å². The highest BCUT2D eigenvalue weighted by Gasteiger charge is 2.54. The molecule has 0 aliphatic carbocycles. The van der Waals surface area contributed by atoms with E-state index in [1.54, 1.807) is 6.08 Å². The Balaban J connectivity index is 1.31. The molecule has 1 amide bonds. The molecule has 0 spiro atoms. The fraction of sp³-hybridized carbons (Fsp3) is 0.923. The van der Waals surface area contributed by atoms with Crippen molar-refractivity contribution in [3.63, 3.8) is 0 Å². The van der Waals surface area contributed by atoms with E-state index in [1.165, 1.54) is 327 Å². The van der Waals surface area contributed by atoms with Gasteiger partial charge in [0.05, 0.1) is 38.6 Å². The molecule has 19 nitrogen and oxygen atoms in total. The topological polar surface area (TPSA) is 307 Å². The fourth-order valence-electron chi connectivity index (χ4n) is 15.8. The zero-order valence-electron chi connectivity index (χ0n) is 70.0. The highest BCUT2D eigenvalue weighted by Crippen LogP contribution is 2.34. The molecule has 0 radical (unpaired) electrons. The van der Waals surface area contributed by atoms with Gasteiger partial charge in [-0.1, -0.05) is 384 Å². The summed E-state index contributed by atoms with van der Waals surface area (Å²) in [5.74, 6) is -0.266. The van der Waals surface area contributed by atoms with E-state index >= 15 is 0 Å². The Morgan fingerprint density at radius 3 is 0.927 bits per heavy atom. The van der Waals surface area contributed by atoms with Crippen LogP contribution in [0, 0.1) is 0 Å². The van der Waals surface area contributed by atoms with Crippen molar-refractivity contribution in [3.8, 4) is 0 Å². The third-order valence-corrected chi connectivity index (χ3v) is 23.2. The van der Waals surface area contributed by atoms with Gasteiger partial charge in [0, 0.05) is 6.42 Å². The summed E-state index contributed by atoms with van der Waals surface area (Å²) in [6.45, 7) is 1.80.